The van der Waals surface area contributed by atoms with Crippen molar-refractivity contribution in [3.8, 4) is 0 Å². The zero-order chi connectivity index (χ0) is 12.3. The van der Waals surface area contributed by atoms with Crippen LogP contribution in [-0.4, -0.2) is 28.8 Å². The minimum atomic E-state index is -0.0415. The van der Waals surface area contributed by atoms with Crippen molar-refractivity contribution in [1.29, 1.82) is 0 Å². The molecule has 1 saturated heterocycles. The molecule has 2 rings (SSSR count). The third-order valence-electron chi connectivity index (χ3n) is 3.17. The quantitative estimate of drug-likeness (QED) is 0.857. The van der Waals surface area contributed by atoms with Crippen molar-refractivity contribution in [2.75, 3.05) is 6.61 Å². The van der Waals surface area contributed by atoms with E-state index < -0.39 is 0 Å². The molecule has 1 aliphatic heterocycles. The fourth-order valence-corrected chi connectivity index (χ4v) is 2.23. The van der Waals surface area contributed by atoms with Gasteiger partial charge in [-0.25, -0.2) is 0 Å². The van der Waals surface area contributed by atoms with Crippen molar-refractivity contribution >= 4 is 15.9 Å². The van der Waals surface area contributed by atoms with Gasteiger partial charge in [0.2, 0.25) is 0 Å². The smallest absolute Gasteiger partial charge is 0.158 e. The predicted octanol–water partition coefficient (Wildman–Crippen LogP) is 3.14. The summed E-state index contributed by atoms with van der Waals surface area (Å²) >= 11 is 3.40. The van der Waals surface area contributed by atoms with Gasteiger partial charge in [-0.1, -0.05) is 0 Å². The molecule has 2 heterocycles. The summed E-state index contributed by atoms with van der Waals surface area (Å²) in [7, 11) is 0. The highest BCUT2D eigenvalue weighted by Gasteiger charge is 2.22. The number of halogens is 1. The maximum Gasteiger partial charge on any atom is 0.158 e. The Balaban J connectivity index is 1.88. The molecule has 1 aliphatic rings. The number of hydrogen-bond donors (Lipinski definition) is 0. The lowest BCUT2D eigenvalue weighted by molar-refractivity contribution is -0.192. The van der Waals surface area contributed by atoms with Crippen molar-refractivity contribution in [2.24, 2.45) is 0 Å². The molecule has 0 bridgehead atoms. The summed E-state index contributed by atoms with van der Waals surface area (Å²) in [5.74, 6) is 0. The molecule has 96 valence electrons. The molecule has 0 amide bonds. The van der Waals surface area contributed by atoms with E-state index >= 15 is 0 Å². The molecule has 1 aromatic heterocycles. The molecule has 17 heavy (non-hydrogen) atoms. The van der Waals surface area contributed by atoms with Crippen LogP contribution in [0.2, 0.25) is 0 Å². The topological polar surface area (TPSA) is 36.3 Å². The van der Waals surface area contributed by atoms with Gasteiger partial charge in [0.25, 0.3) is 0 Å². The SMILES string of the molecule is C[C@H]([C@@H](C)OC1CCCCO1)n1cc(Br)cn1. The molecule has 0 aromatic carbocycles. The molecular weight excluding hydrogens is 284 g/mol. The summed E-state index contributed by atoms with van der Waals surface area (Å²) in [5.41, 5.74) is 0. The van der Waals surface area contributed by atoms with Crippen LogP contribution in [0.5, 0.6) is 0 Å². The van der Waals surface area contributed by atoms with E-state index in [1.165, 1.54) is 6.42 Å². The number of hydrogen-bond acceptors (Lipinski definition) is 3. The van der Waals surface area contributed by atoms with Gasteiger partial charge in [0.15, 0.2) is 6.29 Å². The van der Waals surface area contributed by atoms with Crippen LogP contribution in [0.3, 0.4) is 0 Å². The Morgan fingerprint density at radius 2 is 2.35 bits per heavy atom. The molecule has 4 nitrogen and oxygen atoms in total. The fourth-order valence-electron chi connectivity index (χ4n) is 1.92. The second-order valence-electron chi connectivity index (χ2n) is 4.52. The van der Waals surface area contributed by atoms with E-state index in [9.17, 15) is 0 Å². The molecular formula is C12H19BrN2O2. The van der Waals surface area contributed by atoms with Crippen molar-refractivity contribution in [3.63, 3.8) is 0 Å². The van der Waals surface area contributed by atoms with Crippen molar-refractivity contribution in [3.05, 3.63) is 16.9 Å². The van der Waals surface area contributed by atoms with E-state index in [4.69, 9.17) is 9.47 Å². The summed E-state index contributed by atoms with van der Waals surface area (Å²) in [4.78, 5) is 0. The lowest BCUT2D eigenvalue weighted by Crippen LogP contribution is -2.31. The monoisotopic (exact) mass is 302 g/mol. The van der Waals surface area contributed by atoms with E-state index in [-0.39, 0.29) is 18.4 Å². The Morgan fingerprint density at radius 3 is 2.94 bits per heavy atom. The molecule has 0 spiro atoms. The normalized spacial score (nSPS) is 24.5. The maximum atomic E-state index is 5.92. The Hall–Kier alpha value is -0.390. The lowest BCUT2D eigenvalue weighted by Gasteiger charge is -2.29. The van der Waals surface area contributed by atoms with Gasteiger partial charge in [-0.3, -0.25) is 4.68 Å². The number of nitrogens with zero attached hydrogens (tertiary/aromatic N) is 2. The highest BCUT2D eigenvalue weighted by atomic mass is 79.9. The second-order valence-corrected chi connectivity index (χ2v) is 5.43. The summed E-state index contributed by atoms with van der Waals surface area (Å²) in [6.45, 7) is 4.99. The van der Waals surface area contributed by atoms with E-state index in [1.807, 2.05) is 10.9 Å². The van der Waals surface area contributed by atoms with E-state index in [0.717, 1.165) is 23.9 Å². The maximum absolute atomic E-state index is 5.92. The number of ether oxygens (including phenoxy) is 2. The first-order chi connectivity index (χ1) is 8.16. The van der Waals surface area contributed by atoms with Crippen molar-refractivity contribution in [2.45, 2.75) is 51.5 Å². The average molecular weight is 303 g/mol. The fraction of sp³-hybridized carbons (Fsp3) is 0.750. The van der Waals surface area contributed by atoms with E-state index in [0.29, 0.717) is 0 Å². The summed E-state index contributed by atoms with van der Waals surface area (Å²) < 4.78 is 14.4. The summed E-state index contributed by atoms with van der Waals surface area (Å²) in [6, 6.07) is 0.201. The summed E-state index contributed by atoms with van der Waals surface area (Å²) in [5, 5.41) is 4.28. The zero-order valence-electron chi connectivity index (χ0n) is 10.3. The van der Waals surface area contributed by atoms with Gasteiger partial charge in [0.05, 0.1) is 22.8 Å². The molecule has 0 radical (unpaired) electrons. The first kappa shape index (κ1) is 13.1. The minimum absolute atomic E-state index is 0.0415. The van der Waals surface area contributed by atoms with Gasteiger partial charge in [0, 0.05) is 12.8 Å². The van der Waals surface area contributed by atoms with Gasteiger partial charge < -0.3 is 9.47 Å². The summed E-state index contributed by atoms with van der Waals surface area (Å²) in [6.07, 6.45) is 7.15. The predicted molar refractivity (Wildman–Crippen MR) is 68.8 cm³/mol. The third-order valence-corrected chi connectivity index (χ3v) is 3.58. The standard InChI is InChI=1S/C12H19BrN2O2/c1-9(15-8-11(13)7-14-15)10(2)17-12-5-3-4-6-16-12/h7-10,12H,3-6H2,1-2H3/t9-,10-,12?/m1/s1. The lowest BCUT2D eigenvalue weighted by atomic mass is 10.2. The molecule has 1 fully saturated rings. The van der Waals surface area contributed by atoms with Crippen LogP contribution in [0.25, 0.3) is 0 Å². The first-order valence-corrected chi connectivity index (χ1v) is 6.93. The van der Waals surface area contributed by atoms with Gasteiger partial charge in [-0.15, -0.1) is 0 Å². The Bertz CT molecular complexity index is 350. The zero-order valence-corrected chi connectivity index (χ0v) is 11.9. The van der Waals surface area contributed by atoms with Crippen LogP contribution in [0.4, 0.5) is 0 Å². The first-order valence-electron chi connectivity index (χ1n) is 6.13. The molecule has 0 N–H and O–H groups in total. The van der Waals surface area contributed by atoms with Crippen LogP contribution in [-0.2, 0) is 9.47 Å². The third kappa shape index (κ3) is 3.53. The molecule has 3 atom stereocenters. The second kappa shape index (κ2) is 5.98. The molecule has 1 unspecified atom stereocenters. The van der Waals surface area contributed by atoms with E-state index in [1.54, 1.807) is 6.20 Å². The number of aromatic nitrogens is 2. The van der Waals surface area contributed by atoms with Gasteiger partial charge in [-0.05, 0) is 49.0 Å². The molecule has 1 aromatic rings. The van der Waals surface area contributed by atoms with Crippen LogP contribution in [0.1, 0.15) is 39.2 Å². The Morgan fingerprint density at radius 1 is 1.53 bits per heavy atom. The number of rotatable bonds is 4. The molecule has 0 aliphatic carbocycles. The Labute approximate surface area is 110 Å². The average Bonchev–Trinajstić information content (AvgIpc) is 2.76. The van der Waals surface area contributed by atoms with Gasteiger partial charge in [-0.2, -0.15) is 5.10 Å². The largest absolute Gasteiger partial charge is 0.353 e. The van der Waals surface area contributed by atoms with Crippen LogP contribution < -0.4 is 0 Å². The highest BCUT2D eigenvalue weighted by molar-refractivity contribution is 9.10. The van der Waals surface area contributed by atoms with Gasteiger partial charge >= 0.3 is 0 Å². The van der Waals surface area contributed by atoms with Crippen LogP contribution >= 0.6 is 15.9 Å². The van der Waals surface area contributed by atoms with Crippen LogP contribution in [0, 0.1) is 0 Å². The van der Waals surface area contributed by atoms with E-state index in [2.05, 4.69) is 34.9 Å². The van der Waals surface area contributed by atoms with Crippen molar-refractivity contribution in [1.82, 2.24) is 9.78 Å². The minimum Gasteiger partial charge on any atom is -0.353 e. The van der Waals surface area contributed by atoms with Crippen LogP contribution in [0.15, 0.2) is 16.9 Å². The van der Waals surface area contributed by atoms with Gasteiger partial charge in [0.1, 0.15) is 0 Å². The molecule has 0 saturated carbocycles. The van der Waals surface area contributed by atoms with Crippen molar-refractivity contribution < 1.29 is 9.47 Å². The Kier molecular flexibility index (Phi) is 4.59. The highest BCUT2D eigenvalue weighted by Crippen LogP contribution is 2.21. The molecule has 5 heteroatoms.